The standard InChI is InChI=1S/C27H28F2N6O2/c28-25(29)19-1-4-24(32-15-19)35-10-7-20(17-35)26(36)33-21-2-3-23(31-16-21)27(18-30)8-5-22(6-9-27)34-11-13-37-14-12-34/h1-4,7,10,15-17,22,25H,5-6,8-9,11-14H2,(H,33,36)/t22-,27-. The van der Waals surface area contributed by atoms with Gasteiger partial charge in [0, 0.05) is 43.3 Å². The van der Waals surface area contributed by atoms with Crippen molar-refractivity contribution in [2.75, 3.05) is 31.6 Å². The van der Waals surface area contributed by atoms with Crippen molar-refractivity contribution in [1.82, 2.24) is 19.4 Å². The van der Waals surface area contributed by atoms with Crippen LogP contribution in [-0.4, -0.2) is 57.7 Å². The topological polar surface area (TPSA) is 96.1 Å². The van der Waals surface area contributed by atoms with E-state index in [9.17, 15) is 18.8 Å². The van der Waals surface area contributed by atoms with Crippen molar-refractivity contribution in [1.29, 1.82) is 5.26 Å². The highest BCUT2D eigenvalue weighted by Crippen LogP contribution is 2.40. The summed E-state index contributed by atoms with van der Waals surface area (Å²) < 4.78 is 32.6. The maximum absolute atomic E-state index is 12.8. The average molecular weight is 507 g/mol. The lowest BCUT2D eigenvalue weighted by atomic mass is 9.71. The van der Waals surface area contributed by atoms with Crippen LogP contribution in [0.4, 0.5) is 14.5 Å². The van der Waals surface area contributed by atoms with Gasteiger partial charge in [0.25, 0.3) is 12.3 Å². The van der Waals surface area contributed by atoms with Crippen LogP contribution >= 0.6 is 0 Å². The predicted molar refractivity (Wildman–Crippen MR) is 133 cm³/mol. The number of hydrogen-bond donors (Lipinski definition) is 1. The number of nitrogens with zero attached hydrogens (tertiary/aromatic N) is 5. The Morgan fingerprint density at radius 3 is 2.51 bits per heavy atom. The third kappa shape index (κ3) is 5.38. The fourth-order valence-corrected chi connectivity index (χ4v) is 5.14. The molecule has 1 saturated heterocycles. The van der Waals surface area contributed by atoms with E-state index in [4.69, 9.17) is 4.74 Å². The van der Waals surface area contributed by atoms with Crippen LogP contribution in [-0.2, 0) is 10.2 Å². The molecule has 2 fully saturated rings. The van der Waals surface area contributed by atoms with E-state index in [-0.39, 0.29) is 11.5 Å². The second kappa shape index (κ2) is 10.7. The highest BCUT2D eigenvalue weighted by atomic mass is 19.3. The molecule has 3 aromatic rings. The van der Waals surface area contributed by atoms with Gasteiger partial charge in [-0.1, -0.05) is 0 Å². The summed E-state index contributed by atoms with van der Waals surface area (Å²) in [6.45, 7) is 3.43. The van der Waals surface area contributed by atoms with Gasteiger partial charge in [-0.25, -0.2) is 13.8 Å². The number of nitrogens with one attached hydrogen (secondary N) is 1. The van der Waals surface area contributed by atoms with E-state index >= 15 is 0 Å². The average Bonchev–Trinajstić information content (AvgIpc) is 3.45. The van der Waals surface area contributed by atoms with Gasteiger partial charge in [-0.05, 0) is 56.0 Å². The Morgan fingerprint density at radius 1 is 1.11 bits per heavy atom. The first-order valence-corrected chi connectivity index (χ1v) is 12.4. The third-order valence-corrected chi connectivity index (χ3v) is 7.34. The van der Waals surface area contributed by atoms with Gasteiger partial charge in [0.05, 0.1) is 47.8 Å². The molecule has 1 amide bonds. The van der Waals surface area contributed by atoms with E-state index in [0.717, 1.165) is 63.9 Å². The Morgan fingerprint density at radius 2 is 1.89 bits per heavy atom. The van der Waals surface area contributed by atoms with Crippen LogP contribution in [0.5, 0.6) is 0 Å². The highest BCUT2D eigenvalue weighted by molar-refractivity contribution is 6.04. The fourth-order valence-electron chi connectivity index (χ4n) is 5.14. The molecule has 4 heterocycles. The van der Waals surface area contributed by atoms with Gasteiger partial charge >= 0.3 is 0 Å². The van der Waals surface area contributed by atoms with Gasteiger partial charge in [-0.3, -0.25) is 14.7 Å². The van der Waals surface area contributed by atoms with Crippen molar-refractivity contribution in [2.24, 2.45) is 0 Å². The molecule has 0 aromatic carbocycles. The number of carbonyl (C=O) groups excluding carboxylic acids is 1. The van der Waals surface area contributed by atoms with Crippen LogP contribution in [0.1, 0.15) is 53.7 Å². The third-order valence-electron chi connectivity index (χ3n) is 7.34. The number of anilines is 1. The van der Waals surface area contributed by atoms with E-state index in [1.165, 1.54) is 12.1 Å². The number of pyridine rings is 2. The van der Waals surface area contributed by atoms with Crippen LogP contribution in [0.25, 0.3) is 5.82 Å². The second-order valence-electron chi connectivity index (χ2n) is 9.52. The minimum absolute atomic E-state index is 0.159. The molecule has 1 aliphatic carbocycles. The molecule has 0 spiro atoms. The van der Waals surface area contributed by atoms with Gasteiger partial charge in [0.1, 0.15) is 5.82 Å². The first-order valence-electron chi connectivity index (χ1n) is 12.4. The van der Waals surface area contributed by atoms with Crippen molar-refractivity contribution in [3.8, 4) is 11.9 Å². The summed E-state index contributed by atoms with van der Waals surface area (Å²) in [5.74, 6) is 0.0955. The van der Waals surface area contributed by atoms with Crippen LogP contribution in [0.3, 0.4) is 0 Å². The number of carbonyl (C=O) groups is 1. The number of rotatable bonds is 6. The van der Waals surface area contributed by atoms with Crippen LogP contribution in [0.2, 0.25) is 0 Å². The molecule has 2 aliphatic rings. The van der Waals surface area contributed by atoms with E-state index in [1.807, 2.05) is 6.07 Å². The van der Waals surface area contributed by atoms with Crippen molar-refractivity contribution >= 4 is 11.6 Å². The van der Waals surface area contributed by atoms with Crippen molar-refractivity contribution in [3.63, 3.8) is 0 Å². The van der Waals surface area contributed by atoms with Gasteiger partial charge < -0.3 is 14.6 Å². The summed E-state index contributed by atoms with van der Waals surface area (Å²) in [6, 6.07) is 11.0. The van der Waals surface area contributed by atoms with E-state index < -0.39 is 11.8 Å². The number of amides is 1. The van der Waals surface area contributed by atoms with Gasteiger partial charge in [0.15, 0.2) is 0 Å². The SMILES string of the molecule is N#C[C@]1(c2ccc(NC(=O)c3ccn(-c4ccc(C(F)F)cn4)c3)cn2)CC[C@H](N2CCOCC2)CC1. The quantitative estimate of drug-likeness (QED) is 0.529. The first kappa shape index (κ1) is 25.0. The molecule has 37 heavy (non-hydrogen) atoms. The molecular weight excluding hydrogens is 478 g/mol. The number of alkyl halides is 2. The zero-order chi connectivity index (χ0) is 25.8. The monoisotopic (exact) mass is 506 g/mol. The molecule has 1 aliphatic heterocycles. The Hall–Kier alpha value is -3.68. The van der Waals surface area contributed by atoms with Crippen molar-refractivity contribution < 1.29 is 18.3 Å². The number of morpholine rings is 1. The minimum Gasteiger partial charge on any atom is -0.379 e. The Kier molecular flexibility index (Phi) is 7.26. The molecule has 1 saturated carbocycles. The predicted octanol–water partition coefficient (Wildman–Crippen LogP) is 4.49. The summed E-state index contributed by atoms with van der Waals surface area (Å²) in [5, 5.41) is 12.9. The van der Waals surface area contributed by atoms with Gasteiger partial charge in [0.2, 0.25) is 0 Å². The summed E-state index contributed by atoms with van der Waals surface area (Å²) in [7, 11) is 0. The normalized spacial score (nSPS) is 22.5. The largest absolute Gasteiger partial charge is 0.379 e. The summed E-state index contributed by atoms with van der Waals surface area (Å²) in [6.07, 6.45) is 6.76. The van der Waals surface area contributed by atoms with E-state index in [1.54, 1.807) is 35.3 Å². The summed E-state index contributed by atoms with van der Waals surface area (Å²) in [5.41, 5.74) is 0.871. The number of aromatic nitrogens is 3. The molecule has 0 radical (unpaired) electrons. The number of hydrogen-bond acceptors (Lipinski definition) is 6. The fraction of sp³-hybridized carbons (Fsp3) is 0.407. The lowest BCUT2D eigenvalue weighted by Gasteiger charge is -2.41. The molecule has 192 valence electrons. The Bertz CT molecular complexity index is 1260. The maximum Gasteiger partial charge on any atom is 0.265 e. The molecule has 0 bridgehead atoms. The van der Waals surface area contributed by atoms with Crippen molar-refractivity contribution in [2.45, 2.75) is 43.6 Å². The van der Waals surface area contributed by atoms with E-state index in [2.05, 4.69) is 26.3 Å². The van der Waals surface area contributed by atoms with Crippen LogP contribution in [0.15, 0.2) is 55.1 Å². The highest BCUT2D eigenvalue weighted by Gasteiger charge is 2.40. The maximum atomic E-state index is 12.8. The lowest BCUT2D eigenvalue weighted by Crippen LogP contribution is -2.47. The molecule has 3 aromatic heterocycles. The zero-order valence-electron chi connectivity index (χ0n) is 20.3. The number of nitriles is 1. The van der Waals surface area contributed by atoms with Gasteiger partial charge in [-0.15, -0.1) is 0 Å². The summed E-state index contributed by atoms with van der Waals surface area (Å²) >= 11 is 0. The Balaban J connectivity index is 1.21. The van der Waals surface area contributed by atoms with E-state index in [0.29, 0.717) is 23.1 Å². The van der Waals surface area contributed by atoms with Gasteiger partial charge in [-0.2, -0.15) is 5.26 Å². The van der Waals surface area contributed by atoms with Crippen LogP contribution < -0.4 is 5.32 Å². The zero-order valence-corrected chi connectivity index (χ0v) is 20.3. The molecule has 5 rings (SSSR count). The Labute approximate surface area is 213 Å². The molecule has 0 atom stereocenters. The molecule has 1 N–H and O–H groups in total. The first-order chi connectivity index (χ1) is 18.0. The number of halogens is 2. The molecular formula is C27H28F2N6O2. The lowest BCUT2D eigenvalue weighted by molar-refractivity contribution is 0.00493. The molecule has 10 heteroatoms. The molecule has 0 unspecified atom stereocenters. The smallest absolute Gasteiger partial charge is 0.265 e. The minimum atomic E-state index is -2.58. The number of ether oxygens (including phenoxy) is 1. The van der Waals surface area contributed by atoms with Crippen molar-refractivity contribution in [3.05, 3.63) is 71.9 Å². The molecule has 8 nitrogen and oxygen atoms in total. The summed E-state index contributed by atoms with van der Waals surface area (Å²) in [4.78, 5) is 23.8. The van der Waals surface area contributed by atoms with Crippen LogP contribution in [0, 0.1) is 11.3 Å². The second-order valence-corrected chi connectivity index (χ2v) is 9.52.